The molecule has 0 fully saturated rings. The topological polar surface area (TPSA) is 118 Å². The van der Waals surface area contributed by atoms with E-state index in [-0.39, 0.29) is 44.4 Å². The van der Waals surface area contributed by atoms with Crippen molar-refractivity contribution in [2.75, 3.05) is 13.2 Å². The summed E-state index contributed by atoms with van der Waals surface area (Å²) in [4.78, 5) is 39.0. The Labute approximate surface area is 194 Å². The van der Waals surface area contributed by atoms with Gasteiger partial charge in [-0.3, -0.25) is 9.59 Å². The molecule has 0 unspecified atom stereocenters. The van der Waals surface area contributed by atoms with Crippen molar-refractivity contribution in [3.8, 4) is 11.1 Å². The van der Waals surface area contributed by atoms with E-state index < -0.39 is 12.1 Å². The molecule has 1 aliphatic carbocycles. The van der Waals surface area contributed by atoms with Crippen LogP contribution in [0.2, 0.25) is 0 Å². The first kappa shape index (κ1) is 22.5. The zero-order valence-electron chi connectivity index (χ0n) is 17.7. The lowest BCUT2D eigenvalue weighted by molar-refractivity contribution is -0.136. The number of carboxylic acids is 1. The third kappa shape index (κ3) is 5.56. The van der Waals surface area contributed by atoms with E-state index in [0.29, 0.717) is 10.7 Å². The third-order valence-corrected chi connectivity index (χ3v) is 6.23. The highest BCUT2D eigenvalue weighted by Gasteiger charge is 2.28. The number of rotatable bonds is 9. The molecule has 0 saturated heterocycles. The molecule has 9 heteroatoms. The molecule has 8 nitrogen and oxygen atoms in total. The summed E-state index contributed by atoms with van der Waals surface area (Å²) in [5.41, 5.74) is 5.07. The fraction of sp³-hybridized carbons (Fsp3) is 0.250. The zero-order chi connectivity index (χ0) is 23.2. The molecular weight excluding hydrogens is 442 g/mol. The van der Waals surface area contributed by atoms with Gasteiger partial charge in [-0.1, -0.05) is 48.5 Å². The second-order valence-electron chi connectivity index (χ2n) is 7.58. The normalized spacial score (nSPS) is 12.0. The Morgan fingerprint density at radius 3 is 2.33 bits per heavy atom. The molecule has 1 aromatic heterocycles. The number of thiazole rings is 1. The Kier molecular flexibility index (Phi) is 6.99. The quantitative estimate of drug-likeness (QED) is 0.446. The minimum atomic E-state index is -0.949. The van der Waals surface area contributed by atoms with Crippen LogP contribution < -0.4 is 10.6 Å². The van der Waals surface area contributed by atoms with E-state index in [1.807, 2.05) is 24.3 Å². The van der Waals surface area contributed by atoms with Gasteiger partial charge < -0.3 is 20.5 Å². The molecule has 0 bridgehead atoms. The van der Waals surface area contributed by atoms with Gasteiger partial charge in [0, 0.05) is 24.3 Å². The molecular formula is C24H23N3O5S. The van der Waals surface area contributed by atoms with Gasteiger partial charge in [0.15, 0.2) is 0 Å². The van der Waals surface area contributed by atoms with E-state index >= 15 is 0 Å². The first-order valence-electron chi connectivity index (χ1n) is 10.5. The summed E-state index contributed by atoms with van der Waals surface area (Å²) >= 11 is 1.29. The number of nitrogens with zero attached hydrogens (tertiary/aromatic N) is 1. The Bertz CT molecular complexity index is 1130. The summed E-state index contributed by atoms with van der Waals surface area (Å²) in [5.74, 6) is -1.21. The molecule has 4 rings (SSSR count). The van der Waals surface area contributed by atoms with Crippen molar-refractivity contribution >= 4 is 29.3 Å². The number of aromatic nitrogens is 1. The van der Waals surface area contributed by atoms with Crippen molar-refractivity contribution < 1.29 is 24.2 Å². The molecule has 2 amide bonds. The van der Waals surface area contributed by atoms with Crippen LogP contribution >= 0.6 is 11.3 Å². The lowest BCUT2D eigenvalue weighted by atomic mass is 9.98. The van der Waals surface area contributed by atoms with Gasteiger partial charge in [-0.15, -0.1) is 11.3 Å². The highest BCUT2D eigenvalue weighted by Crippen LogP contribution is 2.44. The highest BCUT2D eigenvalue weighted by atomic mass is 32.1. The van der Waals surface area contributed by atoms with Crippen LogP contribution in [-0.4, -0.2) is 41.2 Å². The number of hydrogen-bond donors (Lipinski definition) is 3. The van der Waals surface area contributed by atoms with Crippen LogP contribution in [0.5, 0.6) is 0 Å². The molecule has 1 heterocycles. The number of hydrogen-bond acceptors (Lipinski definition) is 6. The highest BCUT2D eigenvalue weighted by molar-refractivity contribution is 7.09. The van der Waals surface area contributed by atoms with Crippen molar-refractivity contribution in [3.63, 3.8) is 0 Å². The number of amides is 2. The average Bonchev–Trinajstić information content (AvgIpc) is 3.38. The number of carbonyl (C=O) groups is 3. The molecule has 3 aromatic rings. The maximum atomic E-state index is 12.2. The standard InChI is InChI=1S/C24H23N3O5S/c28-21(26-12-22-27-15(14-33-22)11-23(29)30)9-10-25-24(31)32-13-20-18-7-3-1-5-16(18)17-6-2-4-8-19(17)20/h1-8,14,20H,9-13H2,(H,25,31)(H,26,28)(H,29,30). The van der Waals surface area contributed by atoms with Crippen LogP contribution in [0.1, 0.15) is 34.2 Å². The monoisotopic (exact) mass is 465 g/mol. The molecule has 3 N–H and O–H groups in total. The fourth-order valence-corrected chi connectivity index (χ4v) is 4.59. The predicted molar refractivity (Wildman–Crippen MR) is 123 cm³/mol. The smallest absolute Gasteiger partial charge is 0.407 e. The second kappa shape index (κ2) is 10.3. The number of aliphatic carboxylic acids is 1. The predicted octanol–water partition coefficient (Wildman–Crippen LogP) is 3.32. The van der Waals surface area contributed by atoms with E-state index in [9.17, 15) is 14.4 Å². The van der Waals surface area contributed by atoms with Crippen LogP contribution in [0.25, 0.3) is 11.1 Å². The molecule has 0 spiro atoms. The van der Waals surface area contributed by atoms with Gasteiger partial charge in [0.2, 0.25) is 5.91 Å². The van der Waals surface area contributed by atoms with Gasteiger partial charge in [-0.25, -0.2) is 9.78 Å². The van der Waals surface area contributed by atoms with E-state index in [0.717, 1.165) is 22.3 Å². The minimum Gasteiger partial charge on any atom is -0.481 e. The first-order chi connectivity index (χ1) is 16.0. The van der Waals surface area contributed by atoms with Crippen molar-refractivity contribution in [1.29, 1.82) is 0 Å². The van der Waals surface area contributed by atoms with Crippen LogP contribution in [0, 0.1) is 0 Å². The fourth-order valence-electron chi connectivity index (χ4n) is 3.86. The summed E-state index contributed by atoms with van der Waals surface area (Å²) < 4.78 is 5.45. The molecule has 170 valence electrons. The van der Waals surface area contributed by atoms with Crippen molar-refractivity contribution in [2.45, 2.75) is 25.3 Å². The molecule has 2 aromatic carbocycles. The van der Waals surface area contributed by atoms with Gasteiger partial charge in [-0.05, 0) is 22.3 Å². The van der Waals surface area contributed by atoms with Crippen molar-refractivity contribution in [3.05, 3.63) is 75.7 Å². The summed E-state index contributed by atoms with van der Waals surface area (Å²) in [7, 11) is 0. The molecule has 0 radical (unpaired) electrons. The van der Waals surface area contributed by atoms with E-state index in [4.69, 9.17) is 9.84 Å². The van der Waals surface area contributed by atoms with E-state index in [2.05, 4.69) is 39.9 Å². The largest absolute Gasteiger partial charge is 0.481 e. The maximum Gasteiger partial charge on any atom is 0.407 e. The molecule has 0 aliphatic heterocycles. The molecule has 0 saturated carbocycles. The van der Waals surface area contributed by atoms with Crippen molar-refractivity contribution in [1.82, 2.24) is 15.6 Å². The van der Waals surface area contributed by atoms with E-state index in [1.165, 1.54) is 11.3 Å². The Morgan fingerprint density at radius 1 is 1.00 bits per heavy atom. The second-order valence-corrected chi connectivity index (χ2v) is 8.52. The summed E-state index contributed by atoms with van der Waals surface area (Å²) in [6.07, 6.45) is -0.616. The van der Waals surface area contributed by atoms with Crippen LogP contribution in [0.3, 0.4) is 0 Å². The molecule has 1 aliphatic rings. The Morgan fingerprint density at radius 2 is 1.67 bits per heavy atom. The Hall–Kier alpha value is -3.72. The van der Waals surface area contributed by atoms with Gasteiger partial charge >= 0.3 is 12.1 Å². The summed E-state index contributed by atoms with van der Waals surface area (Å²) in [6, 6.07) is 16.2. The van der Waals surface area contributed by atoms with Crippen molar-refractivity contribution in [2.24, 2.45) is 0 Å². The summed E-state index contributed by atoms with van der Waals surface area (Å²) in [5, 5.41) is 16.4. The lowest BCUT2D eigenvalue weighted by Gasteiger charge is -2.14. The number of fused-ring (bicyclic) bond motifs is 3. The first-order valence-corrected chi connectivity index (χ1v) is 11.4. The number of alkyl carbamates (subject to hydrolysis) is 1. The van der Waals surface area contributed by atoms with Gasteiger partial charge in [0.25, 0.3) is 0 Å². The SMILES string of the molecule is O=C(O)Cc1csc(CNC(=O)CCNC(=O)OCC2c3ccccc3-c3ccccc32)n1. The average molecular weight is 466 g/mol. The lowest BCUT2D eigenvalue weighted by Crippen LogP contribution is -2.31. The number of ether oxygens (including phenoxy) is 1. The third-order valence-electron chi connectivity index (χ3n) is 5.33. The zero-order valence-corrected chi connectivity index (χ0v) is 18.6. The van der Waals surface area contributed by atoms with Crippen LogP contribution in [-0.2, 0) is 27.3 Å². The molecule has 0 atom stereocenters. The molecule has 33 heavy (non-hydrogen) atoms. The Balaban J connectivity index is 1.19. The van der Waals surface area contributed by atoms with E-state index in [1.54, 1.807) is 5.38 Å². The number of benzene rings is 2. The number of carboxylic acid groups (broad SMARTS) is 1. The van der Waals surface area contributed by atoms with Gasteiger partial charge in [0.1, 0.15) is 11.6 Å². The maximum absolute atomic E-state index is 12.2. The number of carbonyl (C=O) groups excluding carboxylic acids is 2. The van der Waals surface area contributed by atoms with Gasteiger partial charge in [0.05, 0.1) is 18.7 Å². The summed E-state index contributed by atoms with van der Waals surface area (Å²) in [6.45, 7) is 0.577. The van der Waals surface area contributed by atoms with Crippen LogP contribution in [0.15, 0.2) is 53.9 Å². The van der Waals surface area contributed by atoms with Crippen LogP contribution in [0.4, 0.5) is 4.79 Å². The number of nitrogens with one attached hydrogen (secondary N) is 2. The minimum absolute atomic E-state index is 0.0178. The van der Waals surface area contributed by atoms with Gasteiger partial charge in [-0.2, -0.15) is 0 Å².